The van der Waals surface area contributed by atoms with Gasteiger partial charge in [0.05, 0.1) is 12.7 Å². The highest BCUT2D eigenvalue weighted by Gasteiger charge is 2.28. The van der Waals surface area contributed by atoms with Gasteiger partial charge >= 0.3 is 0 Å². The maximum atomic E-state index is 9.70. The third-order valence-electron chi connectivity index (χ3n) is 3.18. The number of nitrogens with one attached hydrogen (secondary N) is 1. The molecule has 2 N–H and O–H groups in total. The zero-order chi connectivity index (χ0) is 12.1. The Labute approximate surface area is 103 Å². The van der Waals surface area contributed by atoms with E-state index in [1.807, 2.05) is 0 Å². The SMILES string of the molecule is COCc1ccc(CNCC(O)C2CC2)cc1. The van der Waals surface area contributed by atoms with Gasteiger partial charge in [-0.25, -0.2) is 0 Å². The third-order valence-corrected chi connectivity index (χ3v) is 3.18. The molecule has 1 aromatic rings. The van der Waals surface area contributed by atoms with Gasteiger partial charge in [-0.15, -0.1) is 0 Å². The average molecular weight is 235 g/mol. The second-order valence-corrected chi connectivity index (χ2v) is 4.79. The van der Waals surface area contributed by atoms with Gasteiger partial charge in [0.15, 0.2) is 0 Å². The van der Waals surface area contributed by atoms with Crippen LogP contribution >= 0.6 is 0 Å². The van der Waals surface area contributed by atoms with E-state index in [9.17, 15) is 5.11 Å². The lowest BCUT2D eigenvalue weighted by Gasteiger charge is -2.10. The maximum absolute atomic E-state index is 9.70. The van der Waals surface area contributed by atoms with Crippen molar-refractivity contribution in [2.45, 2.75) is 32.1 Å². The topological polar surface area (TPSA) is 41.5 Å². The van der Waals surface area contributed by atoms with E-state index in [2.05, 4.69) is 29.6 Å². The van der Waals surface area contributed by atoms with Crippen molar-refractivity contribution in [2.75, 3.05) is 13.7 Å². The molecule has 3 nitrogen and oxygen atoms in total. The summed E-state index contributed by atoms with van der Waals surface area (Å²) in [4.78, 5) is 0. The van der Waals surface area contributed by atoms with Crippen molar-refractivity contribution in [3.8, 4) is 0 Å². The highest BCUT2D eigenvalue weighted by molar-refractivity contribution is 5.21. The normalized spacial score (nSPS) is 17.1. The molecule has 0 bridgehead atoms. The van der Waals surface area contributed by atoms with Crippen LogP contribution in [0.5, 0.6) is 0 Å². The fourth-order valence-corrected chi connectivity index (χ4v) is 1.93. The molecule has 0 spiro atoms. The van der Waals surface area contributed by atoms with Gasteiger partial charge < -0.3 is 15.2 Å². The number of benzene rings is 1. The summed E-state index contributed by atoms with van der Waals surface area (Å²) >= 11 is 0. The van der Waals surface area contributed by atoms with Crippen LogP contribution in [0.15, 0.2) is 24.3 Å². The van der Waals surface area contributed by atoms with Crippen LogP contribution in [0, 0.1) is 5.92 Å². The van der Waals surface area contributed by atoms with Crippen LogP contribution in [0.3, 0.4) is 0 Å². The molecule has 1 saturated carbocycles. The summed E-state index contributed by atoms with van der Waals surface area (Å²) in [6, 6.07) is 8.37. The summed E-state index contributed by atoms with van der Waals surface area (Å²) in [5.74, 6) is 0.548. The second-order valence-electron chi connectivity index (χ2n) is 4.79. The summed E-state index contributed by atoms with van der Waals surface area (Å²) in [5, 5.41) is 13.0. The van der Waals surface area contributed by atoms with Crippen molar-refractivity contribution >= 4 is 0 Å². The Morgan fingerprint density at radius 2 is 1.94 bits per heavy atom. The van der Waals surface area contributed by atoms with Crippen molar-refractivity contribution < 1.29 is 9.84 Å². The highest BCUT2D eigenvalue weighted by Crippen LogP contribution is 2.32. The first-order valence-corrected chi connectivity index (χ1v) is 6.25. The summed E-state index contributed by atoms with van der Waals surface area (Å²) < 4.78 is 5.06. The van der Waals surface area contributed by atoms with Crippen molar-refractivity contribution in [2.24, 2.45) is 5.92 Å². The lowest BCUT2D eigenvalue weighted by molar-refractivity contribution is 0.148. The van der Waals surface area contributed by atoms with Gasteiger partial charge in [-0.05, 0) is 29.9 Å². The molecule has 1 aliphatic rings. The molecule has 0 aromatic heterocycles. The molecule has 0 radical (unpaired) electrons. The Kier molecular flexibility index (Phi) is 4.54. The van der Waals surface area contributed by atoms with Crippen molar-refractivity contribution in [3.05, 3.63) is 35.4 Å². The summed E-state index contributed by atoms with van der Waals surface area (Å²) in [5.41, 5.74) is 2.43. The van der Waals surface area contributed by atoms with E-state index < -0.39 is 0 Å². The van der Waals surface area contributed by atoms with E-state index in [0.717, 1.165) is 6.54 Å². The fourth-order valence-electron chi connectivity index (χ4n) is 1.93. The molecule has 0 amide bonds. The molecule has 1 unspecified atom stereocenters. The highest BCUT2D eigenvalue weighted by atomic mass is 16.5. The van der Waals surface area contributed by atoms with Crippen LogP contribution in [-0.2, 0) is 17.9 Å². The monoisotopic (exact) mass is 235 g/mol. The van der Waals surface area contributed by atoms with E-state index in [1.54, 1.807) is 7.11 Å². The fraction of sp³-hybridized carbons (Fsp3) is 0.571. The number of aliphatic hydroxyl groups is 1. The minimum Gasteiger partial charge on any atom is -0.392 e. The molecule has 0 heterocycles. The number of hydrogen-bond donors (Lipinski definition) is 2. The minimum absolute atomic E-state index is 0.164. The smallest absolute Gasteiger partial charge is 0.0713 e. The van der Waals surface area contributed by atoms with Gasteiger partial charge in [0, 0.05) is 20.2 Å². The molecule has 1 atom stereocenters. The van der Waals surface area contributed by atoms with Gasteiger partial charge in [0.25, 0.3) is 0 Å². The summed E-state index contributed by atoms with van der Waals surface area (Å²) in [6.07, 6.45) is 2.21. The minimum atomic E-state index is -0.164. The van der Waals surface area contributed by atoms with Gasteiger partial charge in [0.2, 0.25) is 0 Å². The number of aliphatic hydroxyl groups excluding tert-OH is 1. The van der Waals surface area contributed by atoms with Crippen LogP contribution in [0.25, 0.3) is 0 Å². The van der Waals surface area contributed by atoms with Gasteiger partial charge in [-0.1, -0.05) is 24.3 Å². The predicted molar refractivity (Wildman–Crippen MR) is 67.6 cm³/mol. The van der Waals surface area contributed by atoms with Crippen molar-refractivity contribution in [1.82, 2.24) is 5.32 Å². The lowest BCUT2D eigenvalue weighted by Crippen LogP contribution is -2.27. The molecular weight excluding hydrogens is 214 g/mol. The lowest BCUT2D eigenvalue weighted by atomic mass is 10.1. The Balaban J connectivity index is 1.70. The number of methoxy groups -OCH3 is 1. The maximum Gasteiger partial charge on any atom is 0.0713 e. The Morgan fingerprint density at radius 1 is 1.29 bits per heavy atom. The average Bonchev–Trinajstić information content (AvgIpc) is 3.15. The Hall–Kier alpha value is -0.900. The van der Waals surface area contributed by atoms with Crippen LogP contribution < -0.4 is 5.32 Å². The van der Waals surface area contributed by atoms with E-state index in [1.165, 1.54) is 24.0 Å². The Morgan fingerprint density at radius 3 is 2.53 bits per heavy atom. The van der Waals surface area contributed by atoms with Gasteiger partial charge in [0.1, 0.15) is 0 Å². The molecule has 0 saturated heterocycles. The number of rotatable bonds is 7. The number of ether oxygens (including phenoxy) is 1. The first-order valence-electron chi connectivity index (χ1n) is 6.25. The molecule has 2 rings (SSSR count). The van der Waals surface area contributed by atoms with E-state index in [-0.39, 0.29) is 6.10 Å². The molecule has 0 aliphatic heterocycles. The first-order chi connectivity index (χ1) is 8.29. The number of hydrogen-bond acceptors (Lipinski definition) is 3. The van der Waals surface area contributed by atoms with Crippen LogP contribution in [0.2, 0.25) is 0 Å². The summed E-state index contributed by atoms with van der Waals surface area (Å²) in [7, 11) is 1.70. The molecule has 1 aliphatic carbocycles. The van der Waals surface area contributed by atoms with Crippen molar-refractivity contribution in [3.63, 3.8) is 0 Å². The van der Waals surface area contributed by atoms with Crippen LogP contribution in [0.4, 0.5) is 0 Å². The summed E-state index contributed by atoms with van der Waals surface area (Å²) in [6.45, 7) is 2.18. The quantitative estimate of drug-likeness (QED) is 0.755. The van der Waals surface area contributed by atoms with Crippen molar-refractivity contribution in [1.29, 1.82) is 0 Å². The van der Waals surface area contributed by atoms with Gasteiger partial charge in [-0.2, -0.15) is 0 Å². The Bertz CT molecular complexity index is 333. The van der Waals surface area contributed by atoms with E-state index in [0.29, 0.717) is 19.1 Å². The second kappa shape index (κ2) is 6.15. The van der Waals surface area contributed by atoms with Crippen LogP contribution in [0.1, 0.15) is 24.0 Å². The zero-order valence-corrected chi connectivity index (χ0v) is 10.4. The molecule has 94 valence electrons. The van der Waals surface area contributed by atoms with E-state index in [4.69, 9.17) is 4.74 Å². The van der Waals surface area contributed by atoms with Crippen LogP contribution in [-0.4, -0.2) is 24.9 Å². The first kappa shape index (κ1) is 12.6. The molecular formula is C14H21NO2. The molecule has 17 heavy (non-hydrogen) atoms. The zero-order valence-electron chi connectivity index (χ0n) is 10.4. The molecule has 3 heteroatoms. The third kappa shape index (κ3) is 4.11. The predicted octanol–water partition coefficient (Wildman–Crippen LogP) is 1.69. The van der Waals surface area contributed by atoms with E-state index >= 15 is 0 Å². The standard InChI is InChI=1S/C14H21NO2/c1-17-10-12-4-2-11(3-5-12)8-15-9-14(16)13-6-7-13/h2-5,13-16H,6-10H2,1H3. The largest absolute Gasteiger partial charge is 0.392 e. The van der Waals surface area contributed by atoms with Gasteiger partial charge in [-0.3, -0.25) is 0 Å². The molecule has 1 aromatic carbocycles. The molecule has 1 fully saturated rings.